The van der Waals surface area contributed by atoms with E-state index in [0.29, 0.717) is 16.9 Å². The fourth-order valence-electron chi connectivity index (χ4n) is 2.53. The van der Waals surface area contributed by atoms with Gasteiger partial charge in [-0.1, -0.05) is 18.2 Å². The van der Waals surface area contributed by atoms with E-state index in [4.69, 9.17) is 9.15 Å². The Hall–Kier alpha value is -3.21. The minimum Gasteiger partial charge on any atom is -0.508 e. The molecule has 0 saturated heterocycles. The molecule has 24 heavy (non-hydrogen) atoms. The molecule has 2 aromatic carbocycles. The molecule has 0 aliphatic rings. The van der Waals surface area contributed by atoms with Gasteiger partial charge in [0.15, 0.2) is 0 Å². The predicted octanol–water partition coefficient (Wildman–Crippen LogP) is 3.96. The highest BCUT2D eigenvalue weighted by molar-refractivity contribution is 5.97. The summed E-state index contributed by atoms with van der Waals surface area (Å²) in [4.78, 5) is 12.7. The van der Waals surface area contributed by atoms with Crippen molar-refractivity contribution in [3.8, 4) is 17.2 Å². The van der Waals surface area contributed by atoms with Gasteiger partial charge in [-0.2, -0.15) is 0 Å². The van der Waals surface area contributed by atoms with Crippen LogP contribution in [0.25, 0.3) is 28.0 Å². The molecule has 0 fully saturated rings. The smallest absolute Gasteiger partial charge is 0.204 e. The summed E-state index contributed by atoms with van der Waals surface area (Å²) >= 11 is 0. The first-order valence-electron chi connectivity index (χ1n) is 7.25. The summed E-state index contributed by atoms with van der Waals surface area (Å²) in [6.45, 7) is 5.58. The van der Waals surface area contributed by atoms with Crippen molar-refractivity contribution < 1.29 is 19.4 Å². The number of benzene rings is 2. The van der Waals surface area contributed by atoms with Crippen LogP contribution in [0.3, 0.4) is 0 Å². The van der Waals surface area contributed by atoms with Crippen molar-refractivity contribution in [2.24, 2.45) is 0 Å². The fraction of sp³-hybridized carbons (Fsp3) is 0.105. The van der Waals surface area contributed by atoms with Crippen LogP contribution >= 0.6 is 0 Å². The summed E-state index contributed by atoms with van der Waals surface area (Å²) in [6.07, 6.45) is 3.33. The third-order valence-corrected chi connectivity index (χ3v) is 3.68. The summed E-state index contributed by atoms with van der Waals surface area (Å²) in [5, 5.41) is 20.4. The number of methoxy groups -OCH3 is 1. The second kappa shape index (κ2) is 5.77. The van der Waals surface area contributed by atoms with Crippen molar-refractivity contribution in [3.05, 3.63) is 58.3 Å². The molecular formula is C19H16O5. The molecule has 0 atom stereocenters. The van der Waals surface area contributed by atoms with Crippen molar-refractivity contribution in [2.75, 3.05) is 7.11 Å². The van der Waals surface area contributed by atoms with Gasteiger partial charge in [-0.15, -0.1) is 0 Å². The zero-order valence-electron chi connectivity index (χ0n) is 13.3. The topological polar surface area (TPSA) is 79.9 Å². The molecule has 1 aromatic heterocycles. The lowest BCUT2D eigenvalue weighted by molar-refractivity contribution is 0.406. The maximum Gasteiger partial charge on any atom is 0.204 e. The quantitative estimate of drug-likeness (QED) is 0.563. The van der Waals surface area contributed by atoms with E-state index in [1.54, 1.807) is 18.2 Å². The van der Waals surface area contributed by atoms with Gasteiger partial charge in [-0.3, -0.25) is 4.79 Å². The molecule has 5 heteroatoms. The van der Waals surface area contributed by atoms with E-state index in [9.17, 15) is 15.0 Å². The summed E-state index contributed by atoms with van der Waals surface area (Å²) in [7, 11) is 1.47. The Bertz CT molecular complexity index is 1060. The maximum absolute atomic E-state index is 12.7. The molecule has 3 aromatic rings. The lowest BCUT2D eigenvalue weighted by Crippen LogP contribution is -2.03. The Morgan fingerprint density at radius 2 is 2.00 bits per heavy atom. The maximum atomic E-state index is 12.7. The molecule has 0 aliphatic heterocycles. The molecule has 0 amide bonds. The summed E-state index contributed by atoms with van der Waals surface area (Å²) in [6, 6.07) is 5.80. The van der Waals surface area contributed by atoms with Crippen LogP contribution in [0.2, 0.25) is 0 Å². The van der Waals surface area contributed by atoms with E-state index >= 15 is 0 Å². The number of hydrogen-bond donors (Lipinski definition) is 2. The number of hydrogen-bond acceptors (Lipinski definition) is 5. The van der Waals surface area contributed by atoms with Gasteiger partial charge in [-0.05, 0) is 31.2 Å². The van der Waals surface area contributed by atoms with Crippen molar-refractivity contribution >= 4 is 28.0 Å². The zero-order valence-corrected chi connectivity index (χ0v) is 13.3. The Morgan fingerprint density at radius 3 is 2.67 bits per heavy atom. The lowest BCUT2D eigenvalue weighted by atomic mass is 10.0. The van der Waals surface area contributed by atoms with Gasteiger partial charge in [0.1, 0.15) is 33.8 Å². The van der Waals surface area contributed by atoms with Gasteiger partial charge in [0, 0.05) is 6.07 Å². The molecule has 1 heterocycles. The molecule has 0 unspecified atom stereocenters. The van der Waals surface area contributed by atoms with E-state index in [0.717, 1.165) is 5.57 Å². The van der Waals surface area contributed by atoms with E-state index in [1.165, 1.54) is 25.3 Å². The number of allylic oxidation sites excluding steroid dienone is 2. The first-order valence-corrected chi connectivity index (χ1v) is 7.25. The van der Waals surface area contributed by atoms with Crippen LogP contribution < -0.4 is 10.2 Å². The first-order chi connectivity index (χ1) is 11.4. The van der Waals surface area contributed by atoms with E-state index in [2.05, 4.69) is 6.58 Å². The Morgan fingerprint density at radius 1 is 1.25 bits per heavy atom. The SMILES string of the molecule is C=C(C)C=Cc1c(OC)cc2oc3ccc(O)cc3c(=O)c2c1O. The van der Waals surface area contributed by atoms with Gasteiger partial charge in [-0.25, -0.2) is 0 Å². The number of fused-ring (bicyclic) bond motifs is 2. The average Bonchev–Trinajstić information content (AvgIpc) is 2.54. The Balaban J connectivity index is 2.45. The zero-order chi connectivity index (χ0) is 17.4. The molecule has 0 bridgehead atoms. The third-order valence-electron chi connectivity index (χ3n) is 3.68. The molecule has 122 valence electrons. The lowest BCUT2D eigenvalue weighted by Gasteiger charge is -2.11. The van der Waals surface area contributed by atoms with Crippen molar-refractivity contribution in [2.45, 2.75) is 6.92 Å². The minimum absolute atomic E-state index is 0.0373. The fourth-order valence-corrected chi connectivity index (χ4v) is 2.53. The highest BCUT2D eigenvalue weighted by Gasteiger charge is 2.18. The molecule has 0 aliphatic carbocycles. The molecule has 0 spiro atoms. The molecule has 3 rings (SSSR count). The number of ether oxygens (including phenoxy) is 1. The third kappa shape index (κ3) is 2.50. The number of phenolic OH excluding ortho intramolecular Hbond substituents is 2. The largest absolute Gasteiger partial charge is 0.508 e. The van der Waals surface area contributed by atoms with Crippen LogP contribution in [0.1, 0.15) is 12.5 Å². The monoisotopic (exact) mass is 324 g/mol. The van der Waals surface area contributed by atoms with Gasteiger partial charge >= 0.3 is 0 Å². The summed E-state index contributed by atoms with van der Waals surface area (Å²) in [5.74, 6) is 0.0872. The van der Waals surface area contributed by atoms with Crippen LogP contribution in [0, 0.1) is 0 Å². The molecule has 2 N–H and O–H groups in total. The van der Waals surface area contributed by atoms with Crippen molar-refractivity contribution in [3.63, 3.8) is 0 Å². The van der Waals surface area contributed by atoms with Crippen LogP contribution in [-0.2, 0) is 0 Å². The normalized spacial score (nSPS) is 11.4. The van der Waals surface area contributed by atoms with Crippen LogP contribution in [0.4, 0.5) is 0 Å². The second-order valence-corrected chi connectivity index (χ2v) is 5.51. The van der Waals surface area contributed by atoms with Crippen LogP contribution in [0.5, 0.6) is 17.2 Å². The minimum atomic E-state index is -0.424. The average molecular weight is 324 g/mol. The predicted molar refractivity (Wildman–Crippen MR) is 93.7 cm³/mol. The first kappa shape index (κ1) is 15.7. The van der Waals surface area contributed by atoms with E-state index in [-0.39, 0.29) is 27.9 Å². The molecule has 0 radical (unpaired) electrons. The number of rotatable bonds is 3. The van der Waals surface area contributed by atoms with Crippen molar-refractivity contribution in [1.82, 2.24) is 0 Å². The molecule has 0 saturated carbocycles. The Kier molecular flexibility index (Phi) is 3.77. The van der Waals surface area contributed by atoms with Crippen LogP contribution in [0.15, 0.2) is 51.7 Å². The second-order valence-electron chi connectivity index (χ2n) is 5.51. The van der Waals surface area contributed by atoms with Crippen molar-refractivity contribution in [1.29, 1.82) is 0 Å². The van der Waals surface area contributed by atoms with Gasteiger partial charge in [0.05, 0.1) is 18.1 Å². The summed E-state index contributed by atoms with van der Waals surface area (Å²) in [5.41, 5.74) is 1.25. The molecular weight excluding hydrogens is 308 g/mol. The van der Waals surface area contributed by atoms with E-state index in [1.807, 2.05) is 6.92 Å². The Labute approximate surface area is 137 Å². The van der Waals surface area contributed by atoms with Gasteiger partial charge < -0.3 is 19.4 Å². The van der Waals surface area contributed by atoms with E-state index < -0.39 is 5.43 Å². The van der Waals surface area contributed by atoms with Crippen LogP contribution in [-0.4, -0.2) is 17.3 Å². The van der Waals surface area contributed by atoms with Gasteiger partial charge in [0.25, 0.3) is 0 Å². The summed E-state index contributed by atoms with van der Waals surface area (Å²) < 4.78 is 11.0. The number of aromatic hydroxyl groups is 2. The highest BCUT2D eigenvalue weighted by atomic mass is 16.5. The molecule has 5 nitrogen and oxygen atoms in total. The van der Waals surface area contributed by atoms with Gasteiger partial charge in [0.2, 0.25) is 5.43 Å². The highest BCUT2D eigenvalue weighted by Crippen LogP contribution is 2.37. The standard InChI is InChI=1S/C19H16O5/c1-10(2)4-6-12-15(23-3)9-16-17(18(12)21)19(22)13-8-11(20)5-7-14(13)24-16/h4-9,20-21H,1H2,2-3H3. The number of phenols is 2.